The van der Waals surface area contributed by atoms with E-state index < -0.39 is 25.6 Å². The van der Waals surface area contributed by atoms with Gasteiger partial charge in [0.1, 0.15) is 30.3 Å². The number of nitrogens with one attached hydrogen (secondary N) is 1. The molecule has 1 aliphatic heterocycles. The van der Waals surface area contributed by atoms with Gasteiger partial charge in [-0.3, -0.25) is 9.36 Å². The van der Waals surface area contributed by atoms with Gasteiger partial charge in [-0.25, -0.2) is 20.0 Å². The number of aromatic nitrogens is 4. The zero-order valence-electron chi connectivity index (χ0n) is 15.9. The number of hydrogen-bond acceptors (Lipinski definition) is 8. The quantitative estimate of drug-likeness (QED) is 0.465. The van der Waals surface area contributed by atoms with Crippen molar-refractivity contribution < 1.29 is 23.7 Å². The lowest BCUT2D eigenvalue weighted by molar-refractivity contribution is -0.139. The van der Waals surface area contributed by atoms with E-state index in [1.54, 1.807) is 10.9 Å². The van der Waals surface area contributed by atoms with E-state index in [1.807, 2.05) is 30.3 Å². The maximum absolute atomic E-state index is 13.0. The van der Waals surface area contributed by atoms with Crippen molar-refractivity contribution in [2.45, 2.75) is 25.1 Å². The SMILES string of the molecule is Nc1ncnc2c1ncn2C[C@H]1COP(=O)(N[C@@H](Cc2ccccc2)C(=O)O)CO1. The molecule has 1 unspecified atom stereocenters. The highest BCUT2D eigenvalue weighted by Gasteiger charge is 2.36. The van der Waals surface area contributed by atoms with Gasteiger partial charge in [-0.05, 0) is 12.0 Å². The minimum atomic E-state index is -3.47. The fourth-order valence-corrected chi connectivity index (χ4v) is 4.91. The number of carboxylic acids is 1. The van der Waals surface area contributed by atoms with Crippen LogP contribution in [-0.4, -0.2) is 55.7 Å². The van der Waals surface area contributed by atoms with Gasteiger partial charge in [0.2, 0.25) is 0 Å². The third-order valence-electron chi connectivity index (χ3n) is 4.71. The van der Waals surface area contributed by atoms with Crippen molar-refractivity contribution in [3.8, 4) is 0 Å². The summed E-state index contributed by atoms with van der Waals surface area (Å²) in [6.07, 6.45) is 2.46. The average Bonchev–Trinajstić information content (AvgIpc) is 3.14. The van der Waals surface area contributed by atoms with E-state index in [4.69, 9.17) is 15.0 Å². The number of hydrogen-bond donors (Lipinski definition) is 3. The predicted octanol–water partition coefficient (Wildman–Crippen LogP) is 1.26. The van der Waals surface area contributed by atoms with Crippen LogP contribution in [0.3, 0.4) is 0 Å². The van der Waals surface area contributed by atoms with Gasteiger partial charge in [-0.15, -0.1) is 0 Å². The molecule has 0 radical (unpaired) electrons. The van der Waals surface area contributed by atoms with Gasteiger partial charge in [0, 0.05) is 0 Å². The van der Waals surface area contributed by atoms with Crippen LogP contribution < -0.4 is 10.8 Å². The fraction of sp³-hybridized carbons (Fsp3) is 0.333. The Bertz CT molecular complexity index is 1080. The fourth-order valence-electron chi connectivity index (χ4n) is 3.20. The van der Waals surface area contributed by atoms with Gasteiger partial charge in [-0.1, -0.05) is 30.3 Å². The van der Waals surface area contributed by atoms with E-state index in [9.17, 15) is 14.5 Å². The summed E-state index contributed by atoms with van der Waals surface area (Å²) in [7, 11) is -3.47. The average molecular weight is 432 g/mol. The summed E-state index contributed by atoms with van der Waals surface area (Å²) in [5.74, 6) is -0.826. The number of rotatable bonds is 7. The number of benzene rings is 1. The molecule has 1 aliphatic rings. The molecule has 4 rings (SSSR count). The molecule has 4 N–H and O–H groups in total. The number of nitrogens with two attached hydrogens (primary N) is 1. The second-order valence-electron chi connectivity index (χ2n) is 6.92. The number of carbonyl (C=O) groups is 1. The standard InChI is InChI=1S/C18H21N6O5P/c19-16-15-17(21-9-20-16)24(10-22-15)7-13-8-29-30(27,11-28-13)23-14(18(25)26)6-12-4-2-1-3-5-12/h1-5,9-10,13-14H,6-8,11H2,(H,23,27)(H,25,26)(H2,19,20,21)/t13-,14-,30?/m0/s1. The van der Waals surface area contributed by atoms with E-state index in [0.29, 0.717) is 17.7 Å². The molecule has 0 aliphatic carbocycles. The molecule has 1 fully saturated rings. The van der Waals surface area contributed by atoms with Crippen molar-refractivity contribution in [1.82, 2.24) is 24.6 Å². The first-order chi connectivity index (χ1) is 14.4. The third-order valence-corrected chi connectivity index (χ3v) is 6.47. The van der Waals surface area contributed by atoms with E-state index in [-0.39, 0.29) is 25.2 Å². The topological polar surface area (TPSA) is 154 Å². The number of nitrogens with zero attached hydrogens (tertiary/aromatic N) is 4. The van der Waals surface area contributed by atoms with Crippen molar-refractivity contribution >= 4 is 30.5 Å². The molecule has 2 aromatic heterocycles. The molecule has 0 spiro atoms. The first-order valence-electron chi connectivity index (χ1n) is 9.24. The monoisotopic (exact) mass is 432 g/mol. The van der Waals surface area contributed by atoms with Gasteiger partial charge < -0.3 is 24.7 Å². The van der Waals surface area contributed by atoms with Crippen molar-refractivity contribution in [3.05, 3.63) is 48.5 Å². The Balaban J connectivity index is 1.38. The number of anilines is 1. The Labute approximate surface area is 171 Å². The number of ether oxygens (including phenoxy) is 1. The molecule has 1 saturated heterocycles. The molecule has 3 atom stereocenters. The largest absolute Gasteiger partial charge is 0.480 e. The molecule has 0 bridgehead atoms. The highest BCUT2D eigenvalue weighted by atomic mass is 31.2. The van der Waals surface area contributed by atoms with Crippen molar-refractivity contribution in [2.75, 3.05) is 18.7 Å². The molecule has 12 heteroatoms. The van der Waals surface area contributed by atoms with Crippen molar-refractivity contribution in [2.24, 2.45) is 0 Å². The smallest absolute Gasteiger partial charge is 0.321 e. The highest BCUT2D eigenvalue weighted by Crippen LogP contribution is 2.46. The van der Waals surface area contributed by atoms with Crippen LogP contribution in [0.2, 0.25) is 0 Å². The Morgan fingerprint density at radius 3 is 2.83 bits per heavy atom. The molecular formula is C18H21N6O5P. The number of fused-ring (bicyclic) bond motifs is 1. The van der Waals surface area contributed by atoms with E-state index in [1.165, 1.54) is 6.33 Å². The maximum atomic E-state index is 13.0. The lowest BCUT2D eigenvalue weighted by Gasteiger charge is -2.31. The summed E-state index contributed by atoms with van der Waals surface area (Å²) in [5.41, 5.74) is 7.66. The first kappa shape index (κ1) is 20.4. The van der Waals surface area contributed by atoms with Crippen LogP contribution in [-0.2, 0) is 31.6 Å². The lowest BCUT2D eigenvalue weighted by atomic mass is 10.1. The zero-order valence-corrected chi connectivity index (χ0v) is 16.8. The molecule has 0 amide bonds. The van der Waals surface area contributed by atoms with Gasteiger partial charge >= 0.3 is 5.97 Å². The Kier molecular flexibility index (Phi) is 5.78. The number of imidazole rings is 1. The molecule has 3 heterocycles. The molecule has 1 aromatic carbocycles. The highest BCUT2D eigenvalue weighted by molar-refractivity contribution is 7.56. The van der Waals surface area contributed by atoms with Crippen molar-refractivity contribution in [1.29, 1.82) is 0 Å². The van der Waals surface area contributed by atoms with Gasteiger partial charge in [0.05, 0.1) is 19.5 Å². The van der Waals surface area contributed by atoms with Crippen LogP contribution in [0.1, 0.15) is 5.56 Å². The molecule has 0 saturated carbocycles. The molecule has 30 heavy (non-hydrogen) atoms. The second kappa shape index (κ2) is 8.49. The van der Waals surface area contributed by atoms with Gasteiger partial charge in [0.15, 0.2) is 11.5 Å². The Morgan fingerprint density at radius 1 is 1.33 bits per heavy atom. The molecule has 11 nitrogen and oxygen atoms in total. The van der Waals surface area contributed by atoms with Crippen LogP contribution in [0, 0.1) is 0 Å². The van der Waals surface area contributed by atoms with Crippen molar-refractivity contribution in [3.63, 3.8) is 0 Å². The Hall–Kier alpha value is -2.85. The lowest BCUT2D eigenvalue weighted by Crippen LogP contribution is -2.41. The van der Waals surface area contributed by atoms with Crippen LogP contribution >= 0.6 is 7.52 Å². The van der Waals surface area contributed by atoms with Gasteiger partial charge in [0.25, 0.3) is 7.52 Å². The molecule has 3 aromatic rings. The van der Waals surface area contributed by atoms with Crippen LogP contribution in [0.25, 0.3) is 11.2 Å². The van der Waals surface area contributed by atoms with E-state index >= 15 is 0 Å². The summed E-state index contributed by atoms with van der Waals surface area (Å²) in [5, 5.41) is 12.2. The van der Waals surface area contributed by atoms with E-state index in [0.717, 1.165) is 5.56 Å². The Morgan fingerprint density at radius 2 is 2.13 bits per heavy atom. The maximum Gasteiger partial charge on any atom is 0.321 e. The van der Waals surface area contributed by atoms with Crippen LogP contribution in [0.4, 0.5) is 5.82 Å². The predicted molar refractivity (Wildman–Crippen MR) is 108 cm³/mol. The van der Waals surface area contributed by atoms with Crippen LogP contribution in [0.5, 0.6) is 0 Å². The van der Waals surface area contributed by atoms with Gasteiger partial charge in [-0.2, -0.15) is 0 Å². The summed E-state index contributed by atoms with van der Waals surface area (Å²) in [4.78, 5) is 23.9. The molecule has 158 valence electrons. The third kappa shape index (κ3) is 4.49. The van der Waals surface area contributed by atoms with Crippen LogP contribution in [0.15, 0.2) is 43.0 Å². The second-order valence-corrected chi connectivity index (χ2v) is 9.05. The number of carboxylic acid groups (broad SMARTS) is 1. The summed E-state index contributed by atoms with van der Waals surface area (Å²) in [6, 6.07) is 8.05. The first-order valence-corrected chi connectivity index (χ1v) is 11.1. The summed E-state index contributed by atoms with van der Waals surface area (Å²) >= 11 is 0. The number of nitrogen functional groups attached to an aromatic ring is 1. The van der Waals surface area contributed by atoms with E-state index in [2.05, 4.69) is 20.0 Å². The zero-order chi connectivity index (χ0) is 21.1. The minimum Gasteiger partial charge on any atom is -0.480 e. The molecular weight excluding hydrogens is 411 g/mol. The minimum absolute atomic E-state index is 0.0300. The number of aliphatic carboxylic acids is 1. The summed E-state index contributed by atoms with van der Waals surface area (Å²) < 4.78 is 26.0. The normalized spacial score (nSPS) is 22.7. The summed E-state index contributed by atoms with van der Waals surface area (Å²) in [6.45, 7) is 0.390.